The number of hydrogen-bond donors (Lipinski definition) is 1. The van der Waals surface area contributed by atoms with Gasteiger partial charge in [-0.1, -0.05) is 29.6 Å². The van der Waals surface area contributed by atoms with Gasteiger partial charge in [0, 0.05) is 12.4 Å². The van der Waals surface area contributed by atoms with E-state index in [0.717, 1.165) is 19.3 Å². The van der Waals surface area contributed by atoms with Crippen LogP contribution in [-0.4, -0.2) is 33.7 Å². The van der Waals surface area contributed by atoms with Gasteiger partial charge in [-0.25, -0.2) is 13.4 Å². The maximum atomic E-state index is 13.1. The lowest BCUT2D eigenvalue weighted by molar-refractivity contribution is 0.199. The van der Waals surface area contributed by atoms with Gasteiger partial charge in [-0.2, -0.15) is 9.71 Å². The van der Waals surface area contributed by atoms with Crippen molar-refractivity contribution >= 4 is 10.0 Å². The van der Waals surface area contributed by atoms with Crippen LogP contribution in [0, 0.1) is 13.8 Å². The predicted molar refractivity (Wildman–Crippen MR) is 96.4 cm³/mol. The van der Waals surface area contributed by atoms with Crippen LogP contribution >= 0.6 is 0 Å². The third-order valence-electron chi connectivity index (χ3n) is 4.90. The highest BCUT2D eigenvalue weighted by atomic mass is 32.2. The van der Waals surface area contributed by atoms with Gasteiger partial charge < -0.3 is 9.05 Å². The van der Waals surface area contributed by atoms with E-state index in [0.29, 0.717) is 24.2 Å². The number of nitrogens with zero attached hydrogens (tertiary/aromatic N) is 5. The molecule has 0 atom stereocenters. The Morgan fingerprint density at radius 2 is 1.86 bits per heavy atom. The summed E-state index contributed by atoms with van der Waals surface area (Å²) in [6.07, 6.45) is 8.40. The van der Waals surface area contributed by atoms with Crippen LogP contribution in [0.25, 0.3) is 11.5 Å². The van der Waals surface area contributed by atoms with Crippen LogP contribution in [0.4, 0.5) is 0 Å². The largest absolute Gasteiger partial charge is 0.360 e. The van der Waals surface area contributed by atoms with Crippen molar-refractivity contribution in [1.29, 1.82) is 0 Å². The zero-order valence-electron chi connectivity index (χ0n) is 15.5. The number of hydrogen-bond acceptors (Lipinski definition) is 9. The molecule has 0 aliphatic heterocycles. The van der Waals surface area contributed by atoms with Gasteiger partial charge in [0.15, 0.2) is 5.76 Å². The molecular formula is C17H20N6O4S. The molecular weight excluding hydrogens is 384 g/mol. The molecule has 0 unspecified atom stereocenters. The number of aryl methyl sites for hydroxylation is 2. The Hall–Kier alpha value is -2.66. The monoisotopic (exact) mass is 404 g/mol. The lowest BCUT2D eigenvalue weighted by atomic mass is 9.82. The van der Waals surface area contributed by atoms with E-state index in [2.05, 4.69) is 30.0 Å². The molecule has 4 rings (SSSR count). The Balaban J connectivity index is 1.73. The highest BCUT2D eigenvalue weighted by molar-refractivity contribution is 7.89. The maximum absolute atomic E-state index is 13.1. The lowest BCUT2D eigenvalue weighted by Gasteiger charge is -2.34. The average molecular weight is 404 g/mol. The van der Waals surface area contributed by atoms with Gasteiger partial charge in [-0.3, -0.25) is 4.98 Å². The van der Waals surface area contributed by atoms with E-state index in [1.165, 1.54) is 12.4 Å². The summed E-state index contributed by atoms with van der Waals surface area (Å²) in [5, 5.41) is 7.73. The summed E-state index contributed by atoms with van der Waals surface area (Å²) in [5.74, 6) is 0.731. The highest BCUT2D eigenvalue weighted by Crippen LogP contribution is 2.38. The Kier molecular flexibility index (Phi) is 4.71. The normalized spacial score (nSPS) is 16.9. The van der Waals surface area contributed by atoms with E-state index in [4.69, 9.17) is 9.05 Å². The van der Waals surface area contributed by atoms with Crippen molar-refractivity contribution in [3.8, 4) is 11.5 Å². The topological polar surface area (TPSA) is 137 Å². The summed E-state index contributed by atoms with van der Waals surface area (Å²) in [7, 11) is -3.90. The van der Waals surface area contributed by atoms with E-state index in [1.54, 1.807) is 20.0 Å². The van der Waals surface area contributed by atoms with Crippen LogP contribution in [-0.2, 0) is 15.6 Å². The van der Waals surface area contributed by atoms with E-state index >= 15 is 0 Å². The van der Waals surface area contributed by atoms with E-state index in [1.807, 2.05) is 0 Å². The van der Waals surface area contributed by atoms with Gasteiger partial charge in [-0.05, 0) is 26.7 Å². The first-order chi connectivity index (χ1) is 13.4. The molecule has 1 N–H and O–H groups in total. The zero-order chi connectivity index (χ0) is 19.8. The average Bonchev–Trinajstić information content (AvgIpc) is 3.30. The fourth-order valence-electron chi connectivity index (χ4n) is 3.62. The van der Waals surface area contributed by atoms with E-state index in [9.17, 15) is 8.42 Å². The number of rotatable bonds is 5. The fourth-order valence-corrected chi connectivity index (χ4v) is 5.37. The maximum Gasteiger partial charge on any atom is 0.248 e. The minimum Gasteiger partial charge on any atom is -0.360 e. The molecule has 0 radical (unpaired) electrons. The molecule has 0 bridgehead atoms. The molecule has 1 fully saturated rings. The summed E-state index contributed by atoms with van der Waals surface area (Å²) in [6.45, 7) is 3.17. The zero-order valence-corrected chi connectivity index (χ0v) is 16.4. The minimum atomic E-state index is -3.90. The van der Waals surface area contributed by atoms with Gasteiger partial charge >= 0.3 is 0 Å². The van der Waals surface area contributed by atoms with Crippen LogP contribution < -0.4 is 4.72 Å². The first-order valence-corrected chi connectivity index (χ1v) is 10.5. The van der Waals surface area contributed by atoms with Crippen molar-refractivity contribution in [2.75, 3.05) is 0 Å². The van der Waals surface area contributed by atoms with Crippen molar-refractivity contribution in [3.05, 3.63) is 35.9 Å². The lowest BCUT2D eigenvalue weighted by Crippen LogP contribution is -2.47. The Morgan fingerprint density at radius 1 is 1.07 bits per heavy atom. The Morgan fingerprint density at radius 3 is 2.50 bits per heavy atom. The van der Waals surface area contributed by atoms with Crippen LogP contribution in [0.2, 0.25) is 0 Å². The molecule has 0 aromatic carbocycles. The molecule has 0 spiro atoms. The molecule has 11 heteroatoms. The minimum absolute atomic E-state index is 0.0473. The molecule has 3 aromatic heterocycles. The van der Waals surface area contributed by atoms with Crippen LogP contribution in [0.3, 0.4) is 0 Å². The van der Waals surface area contributed by atoms with E-state index < -0.39 is 15.6 Å². The van der Waals surface area contributed by atoms with Gasteiger partial charge in [-0.15, -0.1) is 0 Å². The SMILES string of the molecule is Cc1noc(C)c1S(=O)(=O)NC1(c2nc(-c3cnccn3)no2)CCCCC1. The van der Waals surface area contributed by atoms with Crippen LogP contribution in [0.15, 0.2) is 32.5 Å². The van der Waals surface area contributed by atoms with Crippen molar-refractivity contribution < 1.29 is 17.5 Å². The second-order valence-corrected chi connectivity index (χ2v) is 8.53. The van der Waals surface area contributed by atoms with Crippen LogP contribution in [0.5, 0.6) is 0 Å². The first-order valence-electron chi connectivity index (χ1n) is 8.99. The first kappa shape index (κ1) is 18.7. The van der Waals surface area contributed by atoms with Gasteiger partial charge in [0.2, 0.25) is 21.7 Å². The molecule has 0 amide bonds. The quantitative estimate of drug-likeness (QED) is 0.678. The molecule has 148 valence electrons. The molecule has 1 saturated carbocycles. The van der Waals surface area contributed by atoms with Crippen molar-refractivity contribution in [1.82, 2.24) is 30.0 Å². The molecule has 1 aliphatic rings. The molecule has 1 aliphatic carbocycles. The Bertz CT molecular complexity index is 1050. The number of sulfonamides is 1. The number of aromatic nitrogens is 5. The highest BCUT2D eigenvalue weighted by Gasteiger charge is 2.44. The van der Waals surface area contributed by atoms with Crippen molar-refractivity contribution in [3.63, 3.8) is 0 Å². The van der Waals surface area contributed by atoms with Crippen molar-refractivity contribution in [2.24, 2.45) is 0 Å². The molecule has 3 aromatic rings. The second kappa shape index (κ2) is 7.06. The Labute approximate surface area is 161 Å². The molecule has 0 saturated heterocycles. The van der Waals surface area contributed by atoms with Crippen molar-refractivity contribution in [2.45, 2.75) is 56.4 Å². The third kappa shape index (κ3) is 3.31. The summed E-state index contributed by atoms with van der Waals surface area (Å²) in [4.78, 5) is 12.6. The third-order valence-corrected chi connectivity index (χ3v) is 6.68. The van der Waals surface area contributed by atoms with Crippen LogP contribution in [0.1, 0.15) is 49.4 Å². The summed E-state index contributed by atoms with van der Waals surface area (Å²) >= 11 is 0. The fraction of sp³-hybridized carbons (Fsp3) is 0.471. The summed E-state index contributed by atoms with van der Waals surface area (Å²) in [5.41, 5.74) is -0.223. The van der Waals surface area contributed by atoms with Gasteiger partial charge in [0.1, 0.15) is 21.8 Å². The molecule has 28 heavy (non-hydrogen) atoms. The number of nitrogens with one attached hydrogen (secondary N) is 1. The van der Waals surface area contributed by atoms with Gasteiger partial charge in [0.05, 0.1) is 6.20 Å². The smallest absolute Gasteiger partial charge is 0.248 e. The standard InChI is InChI=1S/C17H20N6O4S/c1-11-14(12(2)26-21-11)28(24,25)23-17(6-4-3-5-7-17)16-20-15(22-27-16)13-10-18-8-9-19-13/h8-10,23H,3-7H2,1-2H3. The van der Waals surface area contributed by atoms with E-state index in [-0.39, 0.29) is 22.4 Å². The molecule has 3 heterocycles. The summed E-state index contributed by atoms with van der Waals surface area (Å²) < 4.78 is 39.6. The summed E-state index contributed by atoms with van der Waals surface area (Å²) in [6, 6.07) is 0. The predicted octanol–water partition coefficient (Wildman–Crippen LogP) is 2.27. The molecule has 10 nitrogen and oxygen atoms in total. The van der Waals surface area contributed by atoms with Gasteiger partial charge in [0.25, 0.3) is 0 Å². The second-order valence-electron chi connectivity index (χ2n) is 6.92.